The first kappa shape index (κ1) is 24.2. The highest BCUT2D eigenvalue weighted by Gasteiger charge is 2.47. The van der Waals surface area contributed by atoms with E-state index in [4.69, 9.17) is 16.0 Å². The Balaban J connectivity index is 1.62. The van der Waals surface area contributed by atoms with Crippen molar-refractivity contribution in [2.24, 2.45) is 0 Å². The van der Waals surface area contributed by atoms with Crippen LogP contribution in [0.5, 0.6) is 5.75 Å². The first-order valence-corrected chi connectivity index (χ1v) is 12.9. The topological polar surface area (TPSA) is 72.4 Å². The maximum Gasteiger partial charge on any atom is 0.416 e. The fourth-order valence-corrected chi connectivity index (χ4v) is 6.83. The Morgan fingerprint density at radius 2 is 1.78 bits per heavy atom. The lowest BCUT2D eigenvalue weighted by Gasteiger charge is -2.35. The Morgan fingerprint density at radius 1 is 1.03 bits per heavy atom. The van der Waals surface area contributed by atoms with Crippen molar-refractivity contribution < 1.29 is 22.7 Å². The summed E-state index contributed by atoms with van der Waals surface area (Å²) in [5.74, 6) is -0.533. The number of fused-ring (bicyclic) bond motifs is 6. The van der Waals surface area contributed by atoms with Crippen LogP contribution in [-0.4, -0.2) is 9.67 Å². The van der Waals surface area contributed by atoms with Crippen LogP contribution in [0.3, 0.4) is 0 Å². The molecular formula is C27H19ClF3NO4S. The van der Waals surface area contributed by atoms with Gasteiger partial charge in [-0.25, -0.2) is 4.79 Å². The van der Waals surface area contributed by atoms with E-state index in [1.54, 1.807) is 24.3 Å². The molecule has 1 spiro atoms. The Labute approximate surface area is 217 Å². The van der Waals surface area contributed by atoms with Crippen LogP contribution in [0.25, 0.3) is 16.7 Å². The third kappa shape index (κ3) is 3.70. The average Bonchev–Trinajstić information content (AvgIpc) is 3.10. The predicted molar refractivity (Wildman–Crippen MR) is 134 cm³/mol. The molecule has 2 aromatic carbocycles. The van der Waals surface area contributed by atoms with E-state index in [2.05, 4.69) is 0 Å². The molecule has 37 heavy (non-hydrogen) atoms. The van der Waals surface area contributed by atoms with Crippen molar-refractivity contribution in [1.29, 1.82) is 0 Å². The number of nitrogens with zero attached hydrogens (tertiary/aromatic N) is 1. The summed E-state index contributed by atoms with van der Waals surface area (Å²) in [5.41, 5.74) is -1.89. The zero-order valence-corrected chi connectivity index (χ0v) is 20.8. The van der Waals surface area contributed by atoms with Crippen LogP contribution in [0.15, 0.2) is 72.3 Å². The van der Waals surface area contributed by atoms with Gasteiger partial charge in [-0.15, -0.1) is 0 Å². The number of benzene rings is 2. The van der Waals surface area contributed by atoms with Crippen LogP contribution in [0.1, 0.15) is 48.9 Å². The molecule has 1 aliphatic carbocycles. The molecule has 5 nitrogen and oxygen atoms in total. The Hall–Kier alpha value is -3.17. The second kappa shape index (κ2) is 8.43. The monoisotopic (exact) mass is 545 g/mol. The summed E-state index contributed by atoms with van der Waals surface area (Å²) in [7, 11) is 0. The number of alkyl halides is 3. The van der Waals surface area contributed by atoms with Crippen molar-refractivity contribution >= 4 is 34.3 Å². The van der Waals surface area contributed by atoms with Crippen LogP contribution >= 0.6 is 23.4 Å². The number of halogens is 4. The van der Waals surface area contributed by atoms with Gasteiger partial charge in [0, 0.05) is 27.1 Å². The first-order chi connectivity index (χ1) is 17.6. The molecule has 0 atom stereocenters. The summed E-state index contributed by atoms with van der Waals surface area (Å²) in [5, 5.41) is 11.3. The smallest absolute Gasteiger partial charge is 0.416 e. The van der Waals surface area contributed by atoms with Crippen molar-refractivity contribution in [2.45, 2.75) is 53.5 Å². The summed E-state index contributed by atoms with van der Waals surface area (Å²) in [6.45, 7) is 0. The fourth-order valence-electron chi connectivity index (χ4n) is 5.68. The predicted octanol–water partition coefficient (Wildman–Crippen LogP) is 7.04. The molecule has 0 unspecified atom stereocenters. The van der Waals surface area contributed by atoms with Gasteiger partial charge < -0.3 is 9.52 Å². The van der Waals surface area contributed by atoms with Gasteiger partial charge >= 0.3 is 11.8 Å². The first-order valence-electron chi connectivity index (χ1n) is 11.7. The molecule has 0 saturated heterocycles. The molecule has 2 aromatic heterocycles. The van der Waals surface area contributed by atoms with Gasteiger partial charge in [-0.2, -0.15) is 13.2 Å². The highest BCUT2D eigenvalue weighted by Crippen LogP contribution is 2.52. The number of pyridine rings is 1. The Morgan fingerprint density at radius 3 is 2.49 bits per heavy atom. The van der Waals surface area contributed by atoms with Gasteiger partial charge in [0.15, 0.2) is 5.75 Å². The second-order valence-electron chi connectivity index (χ2n) is 9.41. The van der Waals surface area contributed by atoms with Crippen LogP contribution in [0.4, 0.5) is 13.2 Å². The van der Waals surface area contributed by atoms with E-state index in [9.17, 15) is 27.9 Å². The Kier molecular flexibility index (Phi) is 5.51. The minimum absolute atomic E-state index is 0.0945. The van der Waals surface area contributed by atoms with Gasteiger partial charge in [0.25, 0.3) is 5.56 Å². The molecule has 4 aromatic rings. The van der Waals surface area contributed by atoms with Crippen LogP contribution < -0.4 is 11.2 Å². The van der Waals surface area contributed by atoms with Gasteiger partial charge in [0.05, 0.1) is 11.3 Å². The van der Waals surface area contributed by atoms with Crippen molar-refractivity contribution in [2.75, 3.05) is 0 Å². The van der Waals surface area contributed by atoms with Crippen LogP contribution in [0, 0.1) is 0 Å². The van der Waals surface area contributed by atoms with E-state index >= 15 is 0 Å². The lowest BCUT2D eigenvalue weighted by Crippen LogP contribution is -2.31. The zero-order chi connectivity index (χ0) is 26.1. The molecule has 1 N–H and O–H groups in total. The van der Waals surface area contributed by atoms with Gasteiger partial charge in [0.2, 0.25) is 0 Å². The van der Waals surface area contributed by atoms with E-state index in [1.807, 2.05) is 0 Å². The number of hydrogen-bond donors (Lipinski definition) is 1. The van der Waals surface area contributed by atoms with E-state index in [-0.39, 0.29) is 15.9 Å². The Bertz CT molecular complexity index is 1700. The van der Waals surface area contributed by atoms with Gasteiger partial charge in [-0.1, -0.05) is 48.7 Å². The third-order valence-electron chi connectivity index (χ3n) is 7.31. The maximum atomic E-state index is 13.9. The summed E-state index contributed by atoms with van der Waals surface area (Å²) in [4.78, 5) is 27.1. The summed E-state index contributed by atoms with van der Waals surface area (Å²) >= 11 is 6.94. The molecule has 2 aliphatic rings. The molecular weight excluding hydrogens is 527 g/mol. The molecule has 0 amide bonds. The van der Waals surface area contributed by atoms with Gasteiger partial charge in [0.1, 0.15) is 15.9 Å². The molecule has 6 rings (SSSR count). The normalized spacial score (nSPS) is 16.2. The second-order valence-corrected chi connectivity index (χ2v) is 10.9. The van der Waals surface area contributed by atoms with Crippen molar-refractivity contribution in [3.8, 4) is 11.4 Å². The summed E-state index contributed by atoms with van der Waals surface area (Å²) < 4.78 is 47.8. The molecule has 1 fully saturated rings. The number of aromatic hydroxyl groups is 1. The van der Waals surface area contributed by atoms with Crippen molar-refractivity contribution in [1.82, 2.24) is 4.57 Å². The minimum Gasteiger partial charge on any atom is -0.505 e. The van der Waals surface area contributed by atoms with E-state index in [0.717, 1.165) is 43.2 Å². The largest absolute Gasteiger partial charge is 0.505 e. The fraction of sp³-hybridized carbons (Fsp3) is 0.259. The average molecular weight is 546 g/mol. The highest BCUT2D eigenvalue weighted by molar-refractivity contribution is 7.99. The molecule has 1 saturated carbocycles. The quantitative estimate of drug-likeness (QED) is 0.292. The van der Waals surface area contributed by atoms with Crippen LogP contribution in [-0.2, 0) is 11.6 Å². The summed E-state index contributed by atoms with van der Waals surface area (Å²) in [6, 6.07) is 11.6. The van der Waals surface area contributed by atoms with Crippen molar-refractivity contribution in [3.63, 3.8) is 0 Å². The third-order valence-corrected chi connectivity index (χ3v) is 8.59. The van der Waals surface area contributed by atoms with Crippen LogP contribution in [0.2, 0.25) is 5.02 Å². The number of rotatable bonds is 2. The summed E-state index contributed by atoms with van der Waals surface area (Å²) in [6.07, 6.45) is -0.907. The van der Waals surface area contributed by atoms with Crippen molar-refractivity contribution in [3.05, 3.63) is 91.1 Å². The van der Waals surface area contributed by atoms with E-state index < -0.39 is 34.1 Å². The van der Waals surface area contributed by atoms with E-state index in [1.165, 1.54) is 16.7 Å². The molecule has 190 valence electrons. The maximum absolute atomic E-state index is 13.9. The number of aromatic nitrogens is 1. The minimum atomic E-state index is -4.53. The molecule has 0 radical (unpaired) electrons. The van der Waals surface area contributed by atoms with E-state index in [0.29, 0.717) is 39.7 Å². The molecule has 10 heteroatoms. The molecule has 0 bridgehead atoms. The van der Waals surface area contributed by atoms with Gasteiger partial charge in [-0.05, 0) is 54.8 Å². The lowest BCUT2D eigenvalue weighted by atomic mass is 9.68. The zero-order valence-electron chi connectivity index (χ0n) is 19.2. The standard InChI is InChI=1S/C27H19ClF3NO4S/c28-15-5-4-6-16(12-15)37-23-22(33)21-19(36-25(23)35)13-20-26(9-2-1-3-10-26)17-11-14(27(29,30)31)7-8-18(17)32(20)24(21)34/h4-8,11-13,33H,1-3,9-10H2. The highest BCUT2D eigenvalue weighted by atomic mass is 35.5. The molecule has 1 aliphatic heterocycles. The SMILES string of the molecule is O=c1oc2cc3n(c(=O)c2c(O)c1Sc1cccc(Cl)c1)-c1ccc(C(F)(F)F)cc1C31CCCCC1. The number of hydrogen-bond acceptors (Lipinski definition) is 5. The van der Waals surface area contributed by atoms with Gasteiger partial charge in [-0.3, -0.25) is 9.36 Å². The molecule has 3 heterocycles. The lowest BCUT2D eigenvalue weighted by molar-refractivity contribution is -0.137.